The van der Waals surface area contributed by atoms with Gasteiger partial charge in [-0.2, -0.15) is 0 Å². The molecule has 2 rings (SSSR count). The third-order valence-corrected chi connectivity index (χ3v) is 2.80. The molecular formula is C16H13FO3. The van der Waals surface area contributed by atoms with E-state index in [9.17, 15) is 14.3 Å². The molecule has 0 radical (unpaired) electrons. The van der Waals surface area contributed by atoms with Gasteiger partial charge in [-0.05, 0) is 29.8 Å². The van der Waals surface area contributed by atoms with Crippen LogP contribution in [0.1, 0.15) is 11.1 Å². The lowest BCUT2D eigenvalue weighted by atomic mass is 10.0. The number of carboxylic acid groups (broad SMARTS) is 1. The number of halogens is 1. The highest BCUT2D eigenvalue weighted by Crippen LogP contribution is 2.23. The van der Waals surface area contributed by atoms with E-state index in [0.717, 1.165) is 0 Å². The molecule has 0 heterocycles. The summed E-state index contributed by atoms with van der Waals surface area (Å²) in [5.74, 6) is -1.14. The van der Waals surface area contributed by atoms with Gasteiger partial charge in [-0.1, -0.05) is 30.3 Å². The smallest absolute Gasteiger partial charge is 0.336 e. The first kappa shape index (κ1) is 13.8. The van der Waals surface area contributed by atoms with Crippen LogP contribution in [0.15, 0.2) is 48.5 Å². The maximum atomic E-state index is 13.7. The molecule has 0 aromatic heterocycles. The lowest BCUT2D eigenvalue weighted by molar-refractivity contribution is -0.130. The van der Waals surface area contributed by atoms with E-state index in [1.165, 1.54) is 31.4 Å². The van der Waals surface area contributed by atoms with Crippen LogP contribution in [0.25, 0.3) is 11.6 Å². The summed E-state index contributed by atoms with van der Waals surface area (Å²) in [5.41, 5.74) is 0.587. The minimum absolute atomic E-state index is 0.0582. The van der Waals surface area contributed by atoms with Gasteiger partial charge < -0.3 is 9.84 Å². The van der Waals surface area contributed by atoms with Gasteiger partial charge in [-0.25, -0.2) is 9.18 Å². The van der Waals surface area contributed by atoms with Gasteiger partial charge in [0.15, 0.2) is 0 Å². The summed E-state index contributed by atoms with van der Waals surface area (Å²) in [4.78, 5) is 11.3. The van der Waals surface area contributed by atoms with E-state index >= 15 is 0 Å². The van der Waals surface area contributed by atoms with Gasteiger partial charge in [0.05, 0.1) is 12.7 Å². The van der Waals surface area contributed by atoms with Crippen molar-refractivity contribution in [2.45, 2.75) is 0 Å². The van der Waals surface area contributed by atoms with E-state index in [4.69, 9.17) is 4.74 Å². The van der Waals surface area contributed by atoms with Crippen LogP contribution in [0.4, 0.5) is 4.39 Å². The Morgan fingerprint density at radius 3 is 2.60 bits per heavy atom. The summed E-state index contributed by atoms with van der Waals surface area (Å²) in [6.45, 7) is 0. The molecule has 3 nitrogen and oxygen atoms in total. The van der Waals surface area contributed by atoms with Crippen LogP contribution in [0.5, 0.6) is 5.75 Å². The minimum atomic E-state index is -1.18. The molecule has 0 spiro atoms. The van der Waals surface area contributed by atoms with E-state index in [0.29, 0.717) is 11.3 Å². The van der Waals surface area contributed by atoms with Crippen LogP contribution in [0.2, 0.25) is 0 Å². The molecular weight excluding hydrogens is 259 g/mol. The highest BCUT2D eigenvalue weighted by Gasteiger charge is 2.14. The Hall–Kier alpha value is -2.62. The van der Waals surface area contributed by atoms with E-state index in [1.807, 2.05) is 0 Å². The van der Waals surface area contributed by atoms with E-state index in [2.05, 4.69) is 0 Å². The molecule has 4 heteroatoms. The fraction of sp³-hybridized carbons (Fsp3) is 0.0625. The Balaban J connectivity index is 2.51. The van der Waals surface area contributed by atoms with Gasteiger partial charge in [-0.15, -0.1) is 0 Å². The first-order chi connectivity index (χ1) is 9.61. The molecule has 102 valence electrons. The number of hydrogen-bond acceptors (Lipinski definition) is 2. The second kappa shape index (κ2) is 6.02. The number of benzene rings is 2. The van der Waals surface area contributed by atoms with Crippen molar-refractivity contribution in [3.05, 3.63) is 65.5 Å². The molecule has 0 aliphatic heterocycles. The predicted molar refractivity (Wildman–Crippen MR) is 74.9 cm³/mol. The van der Waals surface area contributed by atoms with Crippen molar-refractivity contribution in [1.29, 1.82) is 0 Å². The third-order valence-electron chi connectivity index (χ3n) is 2.80. The summed E-state index contributed by atoms with van der Waals surface area (Å²) < 4.78 is 18.8. The molecule has 2 aromatic carbocycles. The summed E-state index contributed by atoms with van der Waals surface area (Å²) in [7, 11) is 1.53. The van der Waals surface area contributed by atoms with E-state index < -0.39 is 11.8 Å². The monoisotopic (exact) mass is 272 g/mol. The first-order valence-corrected chi connectivity index (χ1v) is 5.96. The molecule has 0 amide bonds. The summed E-state index contributed by atoms with van der Waals surface area (Å²) in [5, 5.41) is 9.27. The lowest BCUT2D eigenvalue weighted by Crippen LogP contribution is -2.01. The number of aliphatic carboxylic acids is 1. The number of ether oxygens (including phenoxy) is 1. The van der Waals surface area contributed by atoms with Crippen molar-refractivity contribution < 1.29 is 19.0 Å². The molecule has 0 saturated heterocycles. The summed E-state index contributed by atoms with van der Waals surface area (Å²) >= 11 is 0. The van der Waals surface area contributed by atoms with Crippen molar-refractivity contribution in [3.8, 4) is 5.75 Å². The zero-order valence-corrected chi connectivity index (χ0v) is 10.8. The van der Waals surface area contributed by atoms with Crippen molar-refractivity contribution >= 4 is 17.6 Å². The molecule has 0 aliphatic carbocycles. The molecule has 0 saturated carbocycles. The maximum absolute atomic E-state index is 13.7. The Morgan fingerprint density at radius 2 is 1.95 bits per heavy atom. The molecule has 20 heavy (non-hydrogen) atoms. The molecule has 1 N–H and O–H groups in total. The van der Waals surface area contributed by atoms with Crippen LogP contribution in [0.3, 0.4) is 0 Å². The molecule has 2 aromatic rings. The zero-order valence-electron chi connectivity index (χ0n) is 10.8. The average Bonchev–Trinajstić information content (AvgIpc) is 2.45. The van der Waals surface area contributed by atoms with E-state index in [1.54, 1.807) is 30.3 Å². The van der Waals surface area contributed by atoms with E-state index in [-0.39, 0.29) is 11.1 Å². The zero-order chi connectivity index (χ0) is 14.5. The number of hydrogen-bond donors (Lipinski definition) is 1. The van der Waals surface area contributed by atoms with Gasteiger partial charge in [0.2, 0.25) is 0 Å². The van der Waals surface area contributed by atoms with Gasteiger partial charge in [0, 0.05) is 5.56 Å². The van der Waals surface area contributed by atoms with Crippen LogP contribution >= 0.6 is 0 Å². The number of carboxylic acids is 1. The van der Waals surface area contributed by atoms with Crippen LogP contribution in [0, 0.1) is 5.82 Å². The molecule has 0 atom stereocenters. The largest absolute Gasteiger partial charge is 0.497 e. The van der Waals surface area contributed by atoms with Gasteiger partial charge >= 0.3 is 5.97 Å². The molecule has 0 aliphatic rings. The summed E-state index contributed by atoms with van der Waals surface area (Å²) in [6, 6.07) is 12.7. The standard InChI is InChI=1S/C16H13FO3/c1-20-12-6-4-5-11(9-12)10-14(16(18)19)13-7-2-3-8-15(13)17/h2-10H,1H3,(H,18,19)/b14-10+. The van der Waals surface area contributed by atoms with Crippen LogP contribution < -0.4 is 4.74 Å². The predicted octanol–water partition coefficient (Wildman–Crippen LogP) is 3.46. The van der Waals surface area contributed by atoms with Crippen molar-refractivity contribution in [2.75, 3.05) is 7.11 Å². The topological polar surface area (TPSA) is 46.5 Å². The van der Waals surface area contributed by atoms with Crippen molar-refractivity contribution in [1.82, 2.24) is 0 Å². The second-order valence-corrected chi connectivity index (χ2v) is 4.12. The quantitative estimate of drug-likeness (QED) is 0.685. The molecule has 0 bridgehead atoms. The fourth-order valence-corrected chi connectivity index (χ4v) is 1.83. The lowest BCUT2D eigenvalue weighted by Gasteiger charge is -2.05. The number of methoxy groups -OCH3 is 1. The Morgan fingerprint density at radius 1 is 1.20 bits per heavy atom. The number of carbonyl (C=O) groups is 1. The third kappa shape index (κ3) is 3.03. The number of rotatable bonds is 4. The highest BCUT2D eigenvalue weighted by atomic mass is 19.1. The van der Waals surface area contributed by atoms with Gasteiger partial charge in [0.1, 0.15) is 11.6 Å². The Labute approximate surface area is 115 Å². The summed E-state index contributed by atoms with van der Waals surface area (Å²) in [6.07, 6.45) is 1.42. The minimum Gasteiger partial charge on any atom is -0.497 e. The van der Waals surface area contributed by atoms with Gasteiger partial charge in [0.25, 0.3) is 0 Å². The van der Waals surface area contributed by atoms with Crippen molar-refractivity contribution in [2.24, 2.45) is 0 Å². The van der Waals surface area contributed by atoms with Crippen LogP contribution in [-0.4, -0.2) is 18.2 Å². The van der Waals surface area contributed by atoms with Crippen LogP contribution in [-0.2, 0) is 4.79 Å². The maximum Gasteiger partial charge on any atom is 0.336 e. The SMILES string of the molecule is COc1cccc(/C=C(/C(=O)O)c2ccccc2F)c1. The second-order valence-electron chi connectivity index (χ2n) is 4.12. The average molecular weight is 272 g/mol. The fourth-order valence-electron chi connectivity index (χ4n) is 1.83. The first-order valence-electron chi connectivity index (χ1n) is 5.96. The normalized spacial score (nSPS) is 11.2. The van der Waals surface area contributed by atoms with Gasteiger partial charge in [-0.3, -0.25) is 0 Å². The molecule has 0 unspecified atom stereocenters. The molecule has 0 fully saturated rings. The highest BCUT2D eigenvalue weighted by molar-refractivity contribution is 6.20. The Kier molecular flexibility index (Phi) is 4.15. The Bertz CT molecular complexity index is 662. The van der Waals surface area contributed by atoms with Crippen molar-refractivity contribution in [3.63, 3.8) is 0 Å².